The van der Waals surface area contributed by atoms with E-state index in [9.17, 15) is 24.3 Å². The molecule has 0 saturated heterocycles. The summed E-state index contributed by atoms with van der Waals surface area (Å²) in [5.74, 6) is -2.88. The Hall–Kier alpha value is -4.62. The number of aliphatic carboxylic acids is 2. The fourth-order valence-electron chi connectivity index (χ4n) is 3.37. The molecule has 14 heteroatoms. The molecule has 0 bridgehead atoms. The molecular formula is C20H24N8O6. The summed E-state index contributed by atoms with van der Waals surface area (Å²) in [6.07, 6.45) is 0.447. The molecule has 180 valence electrons. The van der Waals surface area contributed by atoms with Crippen molar-refractivity contribution in [1.29, 1.82) is 5.41 Å². The van der Waals surface area contributed by atoms with E-state index >= 15 is 0 Å². The van der Waals surface area contributed by atoms with E-state index in [2.05, 4.69) is 25.9 Å². The maximum Gasteiger partial charge on any atom is 0.326 e. The zero-order valence-corrected chi connectivity index (χ0v) is 17.9. The van der Waals surface area contributed by atoms with Gasteiger partial charge in [-0.25, -0.2) is 4.79 Å². The lowest BCUT2D eigenvalue weighted by Crippen LogP contribution is -2.47. The highest BCUT2D eigenvalue weighted by Gasteiger charge is 2.27. The summed E-state index contributed by atoms with van der Waals surface area (Å²) in [4.78, 5) is 54.4. The minimum absolute atomic E-state index is 0.0466. The fourth-order valence-corrected chi connectivity index (χ4v) is 3.37. The van der Waals surface area contributed by atoms with Crippen LogP contribution >= 0.6 is 0 Å². The van der Waals surface area contributed by atoms with Crippen molar-refractivity contribution in [2.24, 2.45) is 0 Å². The number of hydrogen-bond donors (Lipinski definition) is 8. The molecule has 14 nitrogen and oxygen atoms in total. The second-order valence-corrected chi connectivity index (χ2v) is 7.53. The number of nitrogens with one attached hydrogen (secondary N) is 5. The van der Waals surface area contributed by atoms with Gasteiger partial charge in [-0.3, -0.25) is 24.8 Å². The van der Waals surface area contributed by atoms with Gasteiger partial charge in [0.1, 0.15) is 11.7 Å². The monoisotopic (exact) mass is 472 g/mol. The zero-order chi connectivity index (χ0) is 24.8. The third-order valence-electron chi connectivity index (χ3n) is 5.06. The van der Waals surface area contributed by atoms with Crippen molar-refractivity contribution in [3.63, 3.8) is 0 Å². The minimum Gasteiger partial charge on any atom is -0.481 e. The first-order valence-electron chi connectivity index (χ1n) is 10.2. The van der Waals surface area contributed by atoms with Crippen LogP contribution in [0.15, 0.2) is 29.1 Å². The van der Waals surface area contributed by atoms with Gasteiger partial charge in [-0.2, -0.15) is 4.98 Å². The average Bonchev–Trinajstić information content (AvgIpc) is 2.80. The normalized spacial score (nSPS) is 15.4. The number of fused-ring (bicyclic) bond motifs is 1. The zero-order valence-electron chi connectivity index (χ0n) is 17.9. The molecule has 0 saturated carbocycles. The smallest absolute Gasteiger partial charge is 0.326 e. The van der Waals surface area contributed by atoms with E-state index in [0.29, 0.717) is 18.8 Å². The van der Waals surface area contributed by atoms with Crippen molar-refractivity contribution in [2.75, 3.05) is 34.4 Å². The Morgan fingerprint density at radius 2 is 2.00 bits per heavy atom. The molecule has 0 spiro atoms. The highest BCUT2D eigenvalue weighted by atomic mass is 16.4. The number of carboxylic acids is 2. The molecule has 1 unspecified atom stereocenters. The van der Waals surface area contributed by atoms with Gasteiger partial charge < -0.3 is 36.8 Å². The van der Waals surface area contributed by atoms with Gasteiger partial charge in [0.25, 0.3) is 11.5 Å². The molecule has 9 N–H and O–H groups in total. The number of nitrogen functional groups attached to an aromatic ring is 1. The quantitative estimate of drug-likeness (QED) is 0.166. The number of aromatic nitrogens is 2. The maximum absolute atomic E-state index is 12.3. The maximum atomic E-state index is 12.3. The lowest BCUT2D eigenvalue weighted by molar-refractivity contribution is -0.140. The van der Waals surface area contributed by atoms with Gasteiger partial charge >= 0.3 is 11.9 Å². The second-order valence-electron chi connectivity index (χ2n) is 7.53. The van der Waals surface area contributed by atoms with Crippen molar-refractivity contribution in [3.05, 3.63) is 40.2 Å². The molecular weight excluding hydrogens is 448 g/mol. The summed E-state index contributed by atoms with van der Waals surface area (Å²) in [6, 6.07) is 4.68. The SMILES string of the molecule is N=CN1CC(CNc2ccc(C(=O)N[C@@H](CCC(=O)O)C(=O)O)cc2)Nc2c1nc(N)[nH]c2=O. The van der Waals surface area contributed by atoms with Gasteiger partial charge in [0.05, 0.1) is 12.4 Å². The topological polar surface area (TPSA) is 227 Å². The van der Waals surface area contributed by atoms with E-state index in [-0.39, 0.29) is 41.9 Å². The number of anilines is 4. The highest BCUT2D eigenvalue weighted by Crippen LogP contribution is 2.24. The lowest BCUT2D eigenvalue weighted by atomic mass is 10.1. The molecule has 1 aliphatic rings. The van der Waals surface area contributed by atoms with Crippen LogP contribution in [0.3, 0.4) is 0 Å². The van der Waals surface area contributed by atoms with Crippen LogP contribution in [-0.4, -0.2) is 69.5 Å². The predicted octanol–water partition coefficient (Wildman–Crippen LogP) is -0.280. The first-order chi connectivity index (χ1) is 16.2. The van der Waals surface area contributed by atoms with Crippen molar-refractivity contribution in [3.8, 4) is 0 Å². The number of nitrogens with two attached hydrogens (primary N) is 1. The first kappa shape index (κ1) is 24.0. The molecule has 1 aromatic heterocycles. The Morgan fingerprint density at radius 1 is 1.29 bits per heavy atom. The summed E-state index contributed by atoms with van der Waals surface area (Å²) in [7, 11) is 0. The molecule has 1 aromatic carbocycles. The standard InChI is InChI=1S/C20H24N8O6/c21-9-28-8-12(24-15-16(28)26-20(22)27-18(15)32)7-23-11-3-1-10(2-4-11)17(31)25-13(19(33)34)5-6-14(29)30/h1-4,9,12-13,21,23-24H,5-8H2,(H,25,31)(H,29,30)(H,33,34)(H3,22,26,27,32)/t12?,13-/m0/s1. The Balaban J connectivity index is 1.60. The number of benzene rings is 1. The van der Waals surface area contributed by atoms with E-state index in [1.54, 1.807) is 12.1 Å². The molecule has 0 radical (unpaired) electrons. The van der Waals surface area contributed by atoms with Crippen LogP contribution in [0.5, 0.6) is 0 Å². The van der Waals surface area contributed by atoms with E-state index in [1.807, 2.05) is 0 Å². The summed E-state index contributed by atoms with van der Waals surface area (Å²) in [5.41, 5.74) is 6.21. The van der Waals surface area contributed by atoms with Crippen molar-refractivity contribution >= 4 is 47.3 Å². The molecule has 0 aliphatic carbocycles. The minimum atomic E-state index is -1.31. The summed E-state index contributed by atoms with van der Waals surface area (Å²) in [6.45, 7) is 0.724. The van der Waals surface area contributed by atoms with Crippen LogP contribution in [0, 0.1) is 5.41 Å². The van der Waals surface area contributed by atoms with Gasteiger partial charge in [0.15, 0.2) is 5.82 Å². The highest BCUT2D eigenvalue weighted by molar-refractivity contribution is 5.97. The molecule has 0 fully saturated rings. The molecule has 2 atom stereocenters. The number of amides is 1. The number of aromatic amines is 1. The Labute approximate surface area is 192 Å². The van der Waals surface area contributed by atoms with E-state index in [1.165, 1.54) is 17.0 Å². The van der Waals surface area contributed by atoms with Crippen molar-refractivity contribution < 1.29 is 24.6 Å². The number of carbonyl (C=O) groups excluding carboxylic acids is 1. The molecule has 2 heterocycles. The van der Waals surface area contributed by atoms with Crippen molar-refractivity contribution in [1.82, 2.24) is 15.3 Å². The Morgan fingerprint density at radius 3 is 2.62 bits per heavy atom. The van der Waals surface area contributed by atoms with Gasteiger partial charge in [-0.15, -0.1) is 0 Å². The lowest BCUT2D eigenvalue weighted by Gasteiger charge is -2.33. The fraction of sp³-hybridized carbons (Fsp3) is 0.300. The molecule has 3 rings (SSSR count). The number of hydrogen-bond acceptors (Lipinski definition) is 9. The number of carbonyl (C=O) groups is 3. The van der Waals surface area contributed by atoms with E-state index in [0.717, 1.165) is 6.34 Å². The third kappa shape index (κ3) is 5.79. The molecule has 1 amide bonds. The van der Waals surface area contributed by atoms with Crippen LogP contribution in [0.4, 0.5) is 23.1 Å². The van der Waals surface area contributed by atoms with Gasteiger partial charge in [0, 0.05) is 30.8 Å². The van der Waals surface area contributed by atoms with Gasteiger partial charge in [-0.05, 0) is 30.7 Å². The van der Waals surface area contributed by atoms with Crippen LogP contribution < -0.4 is 32.1 Å². The van der Waals surface area contributed by atoms with Crippen LogP contribution in [0.2, 0.25) is 0 Å². The average molecular weight is 472 g/mol. The molecule has 34 heavy (non-hydrogen) atoms. The second kappa shape index (κ2) is 10.3. The van der Waals surface area contributed by atoms with E-state index in [4.69, 9.17) is 16.2 Å². The summed E-state index contributed by atoms with van der Waals surface area (Å²) >= 11 is 0. The third-order valence-corrected chi connectivity index (χ3v) is 5.06. The van der Waals surface area contributed by atoms with Crippen LogP contribution in [0.25, 0.3) is 0 Å². The Kier molecular flexibility index (Phi) is 7.30. The van der Waals surface area contributed by atoms with Gasteiger partial charge in [-0.1, -0.05) is 0 Å². The number of carboxylic acid groups (broad SMARTS) is 2. The van der Waals surface area contributed by atoms with E-state index < -0.39 is 29.4 Å². The number of rotatable bonds is 10. The molecule has 1 aliphatic heterocycles. The first-order valence-corrected chi connectivity index (χ1v) is 10.2. The molecule has 2 aromatic rings. The van der Waals surface area contributed by atoms with Crippen LogP contribution in [-0.2, 0) is 9.59 Å². The summed E-state index contributed by atoms with van der Waals surface area (Å²) in [5, 5.41) is 34.0. The number of H-pyrrole nitrogens is 1. The largest absolute Gasteiger partial charge is 0.481 e. The predicted molar refractivity (Wildman–Crippen MR) is 124 cm³/mol. The van der Waals surface area contributed by atoms with Crippen molar-refractivity contribution in [2.45, 2.75) is 24.9 Å². The summed E-state index contributed by atoms with van der Waals surface area (Å²) < 4.78 is 0. The number of nitrogens with zero attached hydrogens (tertiary/aromatic N) is 2. The Bertz CT molecular complexity index is 1150. The van der Waals surface area contributed by atoms with Gasteiger partial charge in [0.2, 0.25) is 5.95 Å². The van der Waals surface area contributed by atoms with Crippen LogP contribution in [0.1, 0.15) is 23.2 Å².